The molecule has 6 heteroatoms. The highest BCUT2D eigenvalue weighted by Gasteiger charge is 2.24. The predicted octanol–water partition coefficient (Wildman–Crippen LogP) is 1.41. The molecule has 2 aromatic rings. The molecule has 108 valence electrons. The number of aromatic nitrogens is 2. The minimum atomic E-state index is -0.0659. The summed E-state index contributed by atoms with van der Waals surface area (Å²) in [5.41, 5.74) is 1.90. The summed E-state index contributed by atoms with van der Waals surface area (Å²) in [6, 6.07) is 7.13. The van der Waals surface area contributed by atoms with Gasteiger partial charge in [-0.3, -0.25) is 4.79 Å². The SMILES string of the molecule is COc1ccc(OCC(=O)N2Cc3cncnc3C2)cc1. The van der Waals surface area contributed by atoms with E-state index in [1.165, 1.54) is 6.33 Å². The monoisotopic (exact) mass is 285 g/mol. The van der Waals surface area contributed by atoms with Crippen LogP contribution in [-0.4, -0.2) is 34.5 Å². The van der Waals surface area contributed by atoms with Crippen molar-refractivity contribution in [2.45, 2.75) is 13.1 Å². The Kier molecular flexibility index (Phi) is 3.68. The number of fused-ring (bicyclic) bond motifs is 1. The molecule has 0 saturated heterocycles. The Hall–Kier alpha value is -2.63. The van der Waals surface area contributed by atoms with E-state index in [0.717, 1.165) is 17.0 Å². The van der Waals surface area contributed by atoms with Crippen LogP contribution in [0.3, 0.4) is 0 Å². The fourth-order valence-corrected chi connectivity index (χ4v) is 2.19. The molecule has 0 saturated carbocycles. The molecule has 0 radical (unpaired) electrons. The lowest BCUT2D eigenvalue weighted by atomic mass is 10.3. The maximum Gasteiger partial charge on any atom is 0.261 e. The van der Waals surface area contributed by atoms with Gasteiger partial charge >= 0.3 is 0 Å². The smallest absolute Gasteiger partial charge is 0.261 e. The topological polar surface area (TPSA) is 64.6 Å². The van der Waals surface area contributed by atoms with Gasteiger partial charge in [-0.2, -0.15) is 0 Å². The number of carbonyl (C=O) groups excluding carboxylic acids is 1. The number of amides is 1. The van der Waals surface area contributed by atoms with Gasteiger partial charge in [-0.25, -0.2) is 9.97 Å². The van der Waals surface area contributed by atoms with Gasteiger partial charge in [0.25, 0.3) is 5.91 Å². The van der Waals surface area contributed by atoms with Crippen LogP contribution in [0.1, 0.15) is 11.3 Å². The molecule has 1 aliphatic heterocycles. The molecule has 0 N–H and O–H groups in total. The quantitative estimate of drug-likeness (QED) is 0.849. The molecular formula is C15H15N3O3. The predicted molar refractivity (Wildman–Crippen MR) is 74.8 cm³/mol. The number of nitrogens with zero attached hydrogens (tertiary/aromatic N) is 3. The average molecular weight is 285 g/mol. The summed E-state index contributed by atoms with van der Waals surface area (Å²) in [7, 11) is 1.60. The zero-order valence-electron chi connectivity index (χ0n) is 11.7. The zero-order chi connectivity index (χ0) is 14.7. The number of methoxy groups -OCH3 is 1. The van der Waals surface area contributed by atoms with Crippen LogP contribution in [0.15, 0.2) is 36.8 Å². The van der Waals surface area contributed by atoms with Crippen molar-refractivity contribution >= 4 is 5.91 Å². The third kappa shape index (κ3) is 2.94. The number of hydrogen-bond donors (Lipinski definition) is 0. The molecule has 0 aliphatic carbocycles. The highest BCUT2D eigenvalue weighted by molar-refractivity contribution is 5.78. The summed E-state index contributed by atoms with van der Waals surface area (Å²) in [4.78, 5) is 22.0. The van der Waals surface area contributed by atoms with Crippen LogP contribution in [0.4, 0.5) is 0 Å². The van der Waals surface area contributed by atoms with E-state index in [2.05, 4.69) is 9.97 Å². The van der Waals surface area contributed by atoms with E-state index in [9.17, 15) is 4.79 Å². The summed E-state index contributed by atoms with van der Waals surface area (Å²) in [6.45, 7) is 1.07. The normalized spacial score (nSPS) is 12.9. The van der Waals surface area contributed by atoms with Crippen LogP contribution in [0, 0.1) is 0 Å². The van der Waals surface area contributed by atoms with Crippen molar-refractivity contribution in [3.63, 3.8) is 0 Å². The van der Waals surface area contributed by atoms with Gasteiger partial charge in [0.2, 0.25) is 0 Å². The zero-order valence-corrected chi connectivity index (χ0v) is 11.7. The Morgan fingerprint density at radius 2 is 2.00 bits per heavy atom. The molecule has 0 bridgehead atoms. The van der Waals surface area contributed by atoms with Crippen molar-refractivity contribution < 1.29 is 14.3 Å². The Morgan fingerprint density at radius 1 is 1.24 bits per heavy atom. The van der Waals surface area contributed by atoms with Gasteiger partial charge in [0.15, 0.2) is 6.61 Å². The Morgan fingerprint density at radius 3 is 2.71 bits per heavy atom. The van der Waals surface area contributed by atoms with Gasteiger partial charge in [-0.1, -0.05) is 0 Å². The molecule has 1 aliphatic rings. The minimum Gasteiger partial charge on any atom is -0.497 e. The van der Waals surface area contributed by atoms with Crippen LogP contribution in [-0.2, 0) is 17.9 Å². The molecule has 1 aromatic heterocycles. The maximum absolute atomic E-state index is 12.1. The number of carbonyl (C=O) groups is 1. The second-order valence-electron chi connectivity index (χ2n) is 4.71. The first-order valence-electron chi connectivity index (χ1n) is 6.58. The maximum atomic E-state index is 12.1. The first-order valence-corrected chi connectivity index (χ1v) is 6.58. The molecule has 0 fully saturated rings. The van der Waals surface area contributed by atoms with Gasteiger partial charge < -0.3 is 14.4 Å². The Balaban J connectivity index is 1.55. The average Bonchev–Trinajstić information content (AvgIpc) is 2.97. The second kappa shape index (κ2) is 5.78. The van der Waals surface area contributed by atoms with E-state index < -0.39 is 0 Å². The summed E-state index contributed by atoms with van der Waals surface area (Å²) in [5, 5.41) is 0. The van der Waals surface area contributed by atoms with Crippen LogP contribution in [0.25, 0.3) is 0 Å². The standard InChI is InChI=1S/C15H15N3O3/c1-20-12-2-4-13(5-3-12)21-9-15(19)18-7-11-6-16-10-17-14(11)8-18/h2-6,10H,7-9H2,1H3. The van der Waals surface area contributed by atoms with Crippen molar-refractivity contribution in [1.29, 1.82) is 0 Å². The van der Waals surface area contributed by atoms with Gasteiger partial charge in [-0.15, -0.1) is 0 Å². The first-order chi connectivity index (χ1) is 10.3. The fourth-order valence-electron chi connectivity index (χ4n) is 2.19. The Labute approximate surface area is 122 Å². The summed E-state index contributed by atoms with van der Waals surface area (Å²) in [6.07, 6.45) is 3.25. The molecule has 21 heavy (non-hydrogen) atoms. The lowest BCUT2D eigenvalue weighted by Gasteiger charge is -2.15. The van der Waals surface area contributed by atoms with Crippen molar-refractivity contribution in [1.82, 2.24) is 14.9 Å². The second-order valence-corrected chi connectivity index (χ2v) is 4.71. The van der Waals surface area contributed by atoms with Crippen molar-refractivity contribution in [2.24, 2.45) is 0 Å². The molecule has 3 rings (SSSR count). The molecular weight excluding hydrogens is 270 g/mol. The minimum absolute atomic E-state index is 0.00768. The molecule has 0 unspecified atom stereocenters. The highest BCUT2D eigenvalue weighted by Crippen LogP contribution is 2.20. The van der Waals surface area contributed by atoms with E-state index in [1.807, 2.05) is 0 Å². The highest BCUT2D eigenvalue weighted by atomic mass is 16.5. The summed E-state index contributed by atoms with van der Waals surface area (Å²) >= 11 is 0. The first kappa shape index (κ1) is 13.4. The van der Waals surface area contributed by atoms with E-state index >= 15 is 0 Å². The molecule has 2 heterocycles. The lowest BCUT2D eigenvalue weighted by molar-refractivity contribution is -0.134. The third-order valence-corrected chi connectivity index (χ3v) is 3.36. The largest absolute Gasteiger partial charge is 0.497 e. The van der Waals surface area contributed by atoms with Crippen LogP contribution in [0.2, 0.25) is 0 Å². The number of hydrogen-bond acceptors (Lipinski definition) is 5. The number of ether oxygens (including phenoxy) is 2. The van der Waals surface area contributed by atoms with Gasteiger partial charge in [0.05, 0.1) is 19.3 Å². The van der Waals surface area contributed by atoms with Gasteiger partial charge in [-0.05, 0) is 24.3 Å². The van der Waals surface area contributed by atoms with Crippen molar-refractivity contribution in [3.05, 3.63) is 48.0 Å². The van der Waals surface area contributed by atoms with Crippen LogP contribution < -0.4 is 9.47 Å². The van der Waals surface area contributed by atoms with Gasteiger partial charge in [0.1, 0.15) is 17.8 Å². The van der Waals surface area contributed by atoms with Gasteiger partial charge in [0, 0.05) is 18.3 Å². The van der Waals surface area contributed by atoms with E-state index in [4.69, 9.17) is 9.47 Å². The lowest BCUT2D eigenvalue weighted by Crippen LogP contribution is -2.30. The molecule has 0 spiro atoms. The molecule has 6 nitrogen and oxygen atoms in total. The van der Waals surface area contributed by atoms with Crippen molar-refractivity contribution in [3.8, 4) is 11.5 Å². The summed E-state index contributed by atoms with van der Waals surface area (Å²) < 4.78 is 10.6. The number of rotatable bonds is 4. The fraction of sp³-hybridized carbons (Fsp3) is 0.267. The van der Waals surface area contributed by atoms with E-state index in [-0.39, 0.29) is 12.5 Å². The van der Waals surface area contributed by atoms with E-state index in [1.54, 1.807) is 42.5 Å². The van der Waals surface area contributed by atoms with Crippen LogP contribution >= 0.6 is 0 Å². The third-order valence-electron chi connectivity index (χ3n) is 3.36. The van der Waals surface area contributed by atoms with Crippen molar-refractivity contribution in [2.75, 3.05) is 13.7 Å². The number of benzene rings is 1. The molecule has 1 amide bonds. The van der Waals surface area contributed by atoms with E-state index in [0.29, 0.717) is 18.8 Å². The molecule has 1 aromatic carbocycles. The van der Waals surface area contributed by atoms with Crippen LogP contribution in [0.5, 0.6) is 11.5 Å². The summed E-state index contributed by atoms with van der Waals surface area (Å²) in [5.74, 6) is 1.33. The Bertz CT molecular complexity index is 618. The molecule has 0 atom stereocenters.